The molecule has 0 aliphatic carbocycles. The lowest BCUT2D eigenvalue weighted by molar-refractivity contribution is 0.706. The Morgan fingerprint density at radius 1 is 1.40 bits per heavy atom. The molecule has 0 saturated heterocycles. The van der Waals surface area contributed by atoms with Crippen LogP contribution in [0.4, 0.5) is 5.82 Å². The molecule has 0 amide bonds. The summed E-state index contributed by atoms with van der Waals surface area (Å²) < 4.78 is 1.51. The van der Waals surface area contributed by atoms with Crippen molar-refractivity contribution in [2.75, 3.05) is 11.9 Å². The minimum absolute atomic E-state index is 0.305. The second kappa shape index (κ2) is 6.52. The highest BCUT2D eigenvalue weighted by molar-refractivity contribution is 6.31. The van der Waals surface area contributed by atoms with Crippen LogP contribution in [0.1, 0.15) is 24.6 Å². The molecule has 2 rings (SSSR count). The maximum Gasteiger partial charge on any atom is 0.347 e. The van der Waals surface area contributed by atoms with E-state index in [2.05, 4.69) is 22.2 Å². The first-order valence-corrected chi connectivity index (χ1v) is 6.90. The lowest BCUT2D eigenvalue weighted by Crippen LogP contribution is -2.23. The van der Waals surface area contributed by atoms with E-state index >= 15 is 0 Å². The molecule has 2 aromatic heterocycles. The highest BCUT2D eigenvalue weighted by Crippen LogP contribution is 2.17. The Morgan fingerprint density at radius 3 is 2.95 bits per heavy atom. The molecule has 0 aliphatic rings. The molecule has 0 bridgehead atoms. The number of nitrogens with one attached hydrogen (secondary N) is 1. The van der Waals surface area contributed by atoms with Gasteiger partial charge in [0, 0.05) is 18.9 Å². The molecule has 0 aliphatic heterocycles. The van der Waals surface area contributed by atoms with Gasteiger partial charge in [-0.25, -0.2) is 14.8 Å². The summed E-state index contributed by atoms with van der Waals surface area (Å²) in [4.78, 5) is 20.0. The summed E-state index contributed by atoms with van der Waals surface area (Å²) in [6, 6.07) is 3.62. The number of aromatic nitrogens is 3. The standard InChI is InChI=1S/C14H17ClN4O/c1-3-6-16-13-5-4-11(15)12(18-13)9-19-8-10(2)7-17-14(19)20/h4-5,7-8H,3,6,9H2,1-2H3,(H,16,18). The van der Waals surface area contributed by atoms with E-state index < -0.39 is 0 Å². The maximum absolute atomic E-state index is 11.7. The van der Waals surface area contributed by atoms with Crippen LogP contribution in [0.25, 0.3) is 0 Å². The Kier molecular flexibility index (Phi) is 4.74. The molecular weight excluding hydrogens is 276 g/mol. The van der Waals surface area contributed by atoms with Crippen LogP contribution in [0, 0.1) is 6.92 Å². The van der Waals surface area contributed by atoms with Crippen molar-refractivity contribution in [2.24, 2.45) is 0 Å². The Morgan fingerprint density at radius 2 is 2.20 bits per heavy atom. The van der Waals surface area contributed by atoms with E-state index in [1.165, 1.54) is 4.57 Å². The number of hydrogen-bond acceptors (Lipinski definition) is 4. The van der Waals surface area contributed by atoms with Gasteiger partial charge in [0.2, 0.25) is 0 Å². The third-order valence-electron chi connectivity index (χ3n) is 2.78. The minimum Gasteiger partial charge on any atom is -0.370 e. The third kappa shape index (κ3) is 3.57. The molecule has 5 nitrogen and oxygen atoms in total. The van der Waals surface area contributed by atoms with Gasteiger partial charge < -0.3 is 5.32 Å². The first kappa shape index (κ1) is 14.5. The van der Waals surface area contributed by atoms with Gasteiger partial charge in [0.1, 0.15) is 5.82 Å². The van der Waals surface area contributed by atoms with E-state index in [0.717, 1.165) is 24.3 Å². The summed E-state index contributed by atoms with van der Waals surface area (Å²) in [7, 11) is 0. The summed E-state index contributed by atoms with van der Waals surface area (Å²) in [6.45, 7) is 5.13. The molecule has 0 saturated carbocycles. The van der Waals surface area contributed by atoms with Crippen molar-refractivity contribution in [3.63, 3.8) is 0 Å². The number of aryl methyl sites for hydroxylation is 1. The first-order valence-electron chi connectivity index (χ1n) is 6.52. The normalized spacial score (nSPS) is 10.6. The number of nitrogens with zero attached hydrogens (tertiary/aromatic N) is 3. The molecule has 0 radical (unpaired) electrons. The average molecular weight is 293 g/mol. The van der Waals surface area contributed by atoms with Crippen LogP contribution >= 0.6 is 11.6 Å². The van der Waals surface area contributed by atoms with Gasteiger partial charge in [-0.2, -0.15) is 0 Å². The van der Waals surface area contributed by atoms with Crippen LogP contribution in [-0.4, -0.2) is 21.1 Å². The van der Waals surface area contributed by atoms with Gasteiger partial charge >= 0.3 is 5.69 Å². The van der Waals surface area contributed by atoms with Crippen molar-refractivity contribution in [2.45, 2.75) is 26.8 Å². The second-order valence-corrected chi connectivity index (χ2v) is 5.00. The molecule has 20 heavy (non-hydrogen) atoms. The van der Waals surface area contributed by atoms with E-state index in [1.54, 1.807) is 18.5 Å². The van der Waals surface area contributed by atoms with E-state index in [9.17, 15) is 4.79 Å². The second-order valence-electron chi connectivity index (χ2n) is 4.59. The van der Waals surface area contributed by atoms with Gasteiger partial charge in [-0.3, -0.25) is 4.57 Å². The number of anilines is 1. The van der Waals surface area contributed by atoms with Crippen molar-refractivity contribution >= 4 is 17.4 Å². The van der Waals surface area contributed by atoms with E-state index in [-0.39, 0.29) is 5.69 Å². The fraction of sp³-hybridized carbons (Fsp3) is 0.357. The Bertz CT molecular complexity index is 654. The zero-order valence-electron chi connectivity index (χ0n) is 11.6. The predicted molar refractivity (Wildman–Crippen MR) is 80.4 cm³/mol. The molecule has 1 N–H and O–H groups in total. The monoisotopic (exact) mass is 292 g/mol. The third-order valence-corrected chi connectivity index (χ3v) is 3.12. The lowest BCUT2D eigenvalue weighted by atomic mass is 10.3. The van der Waals surface area contributed by atoms with Gasteiger partial charge in [-0.15, -0.1) is 0 Å². The molecular formula is C14H17ClN4O. The predicted octanol–water partition coefficient (Wildman–Crippen LogP) is 2.47. The van der Waals surface area contributed by atoms with Gasteiger partial charge in [0.15, 0.2) is 0 Å². The van der Waals surface area contributed by atoms with Gasteiger partial charge in [-0.1, -0.05) is 18.5 Å². The van der Waals surface area contributed by atoms with E-state index in [1.807, 2.05) is 13.0 Å². The van der Waals surface area contributed by atoms with Gasteiger partial charge in [0.25, 0.3) is 0 Å². The van der Waals surface area contributed by atoms with Crippen molar-refractivity contribution < 1.29 is 0 Å². The smallest absolute Gasteiger partial charge is 0.347 e. The summed E-state index contributed by atoms with van der Waals surface area (Å²) in [5.41, 5.74) is 1.27. The minimum atomic E-state index is -0.305. The zero-order chi connectivity index (χ0) is 14.5. The van der Waals surface area contributed by atoms with Crippen molar-refractivity contribution in [1.82, 2.24) is 14.5 Å². The fourth-order valence-corrected chi connectivity index (χ4v) is 1.95. The molecule has 0 aromatic carbocycles. The van der Waals surface area contributed by atoms with Crippen LogP contribution in [0.15, 0.2) is 29.3 Å². The molecule has 106 valence electrons. The number of hydrogen-bond donors (Lipinski definition) is 1. The zero-order valence-corrected chi connectivity index (χ0v) is 12.3. The van der Waals surface area contributed by atoms with Crippen LogP contribution in [0.2, 0.25) is 5.02 Å². The Labute approximate surface area is 122 Å². The highest BCUT2D eigenvalue weighted by Gasteiger charge is 2.07. The molecule has 2 heterocycles. The molecule has 0 unspecified atom stereocenters. The highest BCUT2D eigenvalue weighted by atomic mass is 35.5. The maximum atomic E-state index is 11.7. The molecule has 2 aromatic rings. The summed E-state index contributed by atoms with van der Waals surface area (Å²) in [5.74, 6) is 0.764. The molecule has 0 fully saturated rings. The van der Waals surface area contributed by atoms with Crippen LogP contribution in [0.3, 0.4) is 0 Å². The number of rotatable bonds is 5. The quantitative estimate of drug-likeness (QED) is 0.920. The topological polar surface area (TPSA) is 59.8 Å². The average Bonchev–Trinajstić information content (AvgIpc) is 2.43. The van der Waals surface area contributed by atoms with Gasteiger partial charge in [0.05, 0.1) is 17.3 Å². The van der Waals surface area contributed by atoms with Crippen molar-refractivity contribution in [1.29, 1.82) is 0 Å². The van der Waals surface area contributed by atoms with E-state index in [0.29, 0.717) is 17.3 Å². The number of pyridine rings is 1. The van der Waals surface area contributed by atoms with Crippen molar-refractivity contribution in [3.8, 4) is 0 Å². The molecule has 0 atom stereocenters. The van der Waals surface area contributed by atoms with Crippen LogP contribution in [0.5, 0.6) is 0 Å². The van der Waals surface area contributed by atoms with Crippen molar-refractivity contribution in [3.05, 3.63) is 51.3 Å². The first-order chi connectivity index (χ1) is 9.60. The molecule has 6 heteroatoms. The summed E-state index contributed by atoms with van der Waals surface area (Å²) >= 11 is 6.15. The van der Waals surface area contributed by atoms with Crippen LogP contribution in [-0.2, 0) is 6.54 Å². The Balaban J connectivity index is 2.28. The molecule has 0 spiro atoms. The lowest BCUT2D eigenvalue weighted by Gasteiger charge is -2.10. The van der Waals surface area contributed by atoms with Crippen LogP contribution < -0.4 is 11.0 Å². The SMILES string of the molecule is CCCNc1ccc(Cl)c(Cn2cc(C)cnc2=O)n1. The van der Waals surface area contributed by atoms with Gasteiger partial charge in [-0.05, 0) is 31.0 Å². The Hall–Kier alpha value is -1.88. The summed E-state index contributed by atoms with van der Waals surface area (Å²) in [6.07, 6.45) is 4.31. The number of halogens is 1. The summed E-state index contributed by atoms with van der Waals surface area (Å²) in [5, 5.41) is 3.74. The fourth-order valence-electron chi connectivity index (χ4n) is 1.79. The largest absolute Gasteiger partial charge is 0.370 e. The van der Waals surface area contributed by atoms with E-state index in [4.69, 9.17) is 11.6 Å².